The van der Waals surface area contributed by atoms with Crippen LogP contribution in [0.4, 0.5) is 4.39 Å². The molecule has 16 heavy (non-hydrogen) atoms. The lowest BCUT2D eigenvalue weighted by Crippen LogP contribution is -2.20. The molecule has 0 aliphatic heterocycles. The maximum Gasteiger partial charge on any atom is 0.127 e. The number of halogens is 1. The normalized spacial score (nSPS) is 17.4. The van der Waals surface area contributed by atoms with E-state index in [2.05, 4.69) is 5.32 Å². The van der Waals surface area contributed by atoms with Crippen molar-refractivity contribution in [1.29, 1.82) is 0 Å². The Hall–Kier alpha value is -0.890. The summed E-state index contributed by atoms with van der Waals surface area (Å²) in [7, 11) is 0. The van der Waals surface area contributed by atoms with Crippen LogP contribution in [0.1, 0.15) is 44.2 Å². The Bertz CT molecular complexity index is 333. The molecule has 0 saturated heterocycles. The lowest BCUT2D eigenvalue weighted by molar-refractivity contribution is 0.507. The van der Waals surface area contributed by atoms with E-state index in [9.17, 15) is 4.39 Å². The van der Waals surface area contributed by atoms with Crippen LogP contribution in [0, 0.1) is 11.7 Å². The van der Waals surface area contributed by atoms with Crippen molar-refractivity contribution in [1.82, 2.24) is 5.32 Å². The molecule has 1 fully saturated rings. The van der Waals surface area contributed by atoms with E-state index < -0.39 is 0 Å². The lowest BCUT2D eigenvalue weighted by atomic mass is 10.1. The van der Waals surface area contributed by atoms with Gasteiger partial charge in [0.25, 0.3) is 0 Å². The van der Waals surface area contributed by atoms with Gasteiger partial charge in [0.15, 0.2) is 0 Å². The fraction of sp³-hybridized carbons (Fsp3) is 0.571. The highest BCUT2D eigenvalue weighted by atomic mass is 19.1. The first kappa shape index (κ1) is 11.6. The van der Waals surface area contributed by atoms with Crippen LogP contribution in [-0.4, -0.2) is 6.54 Å². The van der Waals surface area contributed by atoms with Crippen LogP contribution < -0.4 is 5.32 Å². The predicted octanol–water partition coefficient (Wildman–Crippen LogP) is 3.67. The summed E-state index contributed by atoms with van der Waals surface area (Å²) in [6, 6.07) is 7.12. The molecule has 2 heteroatoms. The van der Waals surface area contributed by atoms with E-state index in [1.165, 1.54) is 31.7 Å². The highest BCUT2D eigenvalue weighted by Crippen LogP contribution is 2.33. The molecule has 0 heterocycles. The minimum Gasteiger partial charge on any atom is -0.310 e. The third-order valence-corrected chi connectivity index (χ3v) is 3.31. The van der Waals surface area contributed by atoms with Crippen molar-refractivity contribution in [2.24, 2.45) is 5.92 Å². The smallest absolute Gasteiger partial charge is 0.127 e. The number of hydrogen-bond donors (Lipinski definition) is 1. The molecule has 1 aliphatic carbocycles. The molecule has 1 unspecified atom stereocenters. The van der Waals surface area contributed by atoms with Crippen LogP contribution in [-0.2, 0) is 0 Å². The zero-order valence-electron chi connectivity index (χ0n) is 9.88. The van der Waals surface area contributed by atoms with Gasteiger partial charge < -0.3 is 5.32 Å². The lowest BCUT2D eigenvalue weighted by Gasteiger charge is -2.14. The SMILES string of the molecule is CC(NCCCC1CC1)c1ccccc1F. The van der Waals surface area contributed by atoms with Gasteiger partial charge >= 0.3 is 0 Å². The summed E-state index contributed by atoms with van der Waals surface area (Å²) in [5, 5.41) is 3.38. The molecule has 0 spiro atoms. The Kier molecular flexibility index (Phi) is 3.94. The maximum atomic E-state index is 13.4. The second kappa shape index (κ2) is 5.44. The minimum absolute atomic E-state index is 0.107. The molecule has 0 bridgehead atoms. The van der Waals surface area contributed by atoms with Crippen LogP contribution in [0.5, 0.6) is 0 Å². The van der Waals surface area contributed by atoms with E-state index in [-0.39, 0.29) is 11.9 Å². The minimum atomic E-state index is -0.107. The average Bonchev–Trinajstić information content (AvgIpc) is 3.08. The van der Waals surface area contributed by atoms with Crippen LogP contribution >= 0.6 is 0 Å². The van der Waals surface area contributed by atoms with E-state index in [0.717, 1.165) is 18.0 Å². The first-order valence-electron chi connectivity index (χ1n) is 6.25. The van der Waals surface area contributed by atoms with Gasteiger partial charge in [0.05, 0.1) is 0 Å². The van der Waals surface area contributed by atoms with Gasteiger partial charge in [-0.1, -0.05) is 31.0 Å². The Labute approximate surface area is 97.1 Å². The number of nitrogens with one attached hydrogen (secondary N) is 1. The van der Waals surface area contributed by atoms with E-state index in [0.29, 0.717) is 0 Å². The Morgan fingerprint density at radius 1 is 1.38 bits per heavy atom. The largest absolute Gasteiger partial charge is 0.310 e. The molecule has 0 amide bonds. The van der Waals surface area contributed by atoms with Crippen molar-refractivity contribution in [3.05, 3.63) is 35.6 Å². The van der Waals surface area contributed by atoms with E-state index >= 15 is 0 Å². The van der Waals surface area contributed by atoms with E-state index in [1.807, 2.05) is 19.1 Å². The van der Waals surface area contributed by atoms with E-state index in [1.54, 1.807) is 6.07 Å². The Morgan fingerprint density at radius 3 is 2.81 bits per heavy atom. The topological polar surface area (TPSA) is 12.0 Å². The van der Waals surface area contributed by atoms with Crippen molar-refractivity contribution < 1.29 is 4.39 Å². The predicted molar refractivity (Wildman–Crippen MR) is 64.8 cm³/mol. The van der Waals surface area contributed by atoms with Gasteiger partial charge in [0, 0.05) is 11.6 Å². The highest BCUT2D eigenvalue weighted by Gasteiger charge is 2.20. The van der Waals surface area contributed by atoms with E-state index in [4.69, 9.17) is 0 Å². The van der Waals surface area contributed by atoms with Crippen molar-refractivity contribution >= 4 is 0 Å². The molecule has 1 aliphatic rings. The summed E-state index contributed by atoms with van der Waals surface area (Å²) in [6.45, 7) is 3.02. The molecular formula is C14H20FN. The third-order valence-electron chi connectivity index (χ3n) is 3.31. The van der Waals surface area contributed by atoms with Crippen molar-refractivity contribution in [2.75, 3.05) is 6.54 Å². The molecule has 1 atom stereocenters. The molecule has 1 N–H and O–H groups in total. The Balaban J connectivity index is 1.73. The fourth-order valence-corrected chi connectivity index (χ4v) is 2.05. The van der Waals surface area contributed by atoms with Gasteiger partial charge in [-0.15, -0.1) is 0 Å². The third kappa shape index (κ3) is 3.31. The molecule has 0 aromatic heterocycles. The van der Waals surface area contributed by atoms with Crippen molar-refractivity contribution in [3.8, 4) is 0 Å². The average molecular weight is 221 g/mol. The molecule has 1 aromatic rings. The highest BCUT2D eigenvalue weighted by molar-refractivity contribution is 5.20. The molecule has 1 nitrogen and oxygen atoms in total. The first-order chi connectivity index (χ1) is 7.77. The second-order valence-corrected chi connectivity index (χ2v) is 4.78. The summed E-state index contributed by atoms with van der Waals surface area (Å²) in [4.78, 5) is 0. The standard InChI is InChI=1S/C14H20FN/c1-11(13-6-2-3-7-14(13)15)16-10-4-5-12-8-9-12/h2-3,6-7,11-12,16H,4-5,8-10H2,1H3. The van der Waals surface area contributed by atoms with Gasteiger partial charge in [-0.05, 0) is 38.3 Å². The monoisotopic (exact) mass is 221 g/mol. The van der Waals surface area contributed by atoms with Crippen LogP contribution in [0.15, 0.2) is 24.3 Å². The molecule has 1 aromatic carbocycles. The van der Waals surface area contributed by atoms with Gasteiger partial charge in [0.2, 0.25) is 0 Å². The summed E-state index contributed by atoms with van der Waals surface area (Å²) >= 11 is 0. The molecule has 0 radical (unpaired) electrons. The van der Waals surface area contributed by atoms with Crippen LogP contribution in [0.2, 0.25) is 0 Å². The van der Waals surface area contributed by atoms with Crippen molar-refractivity contribution in [3.63, 3.8) is 0 Å². The number of hydrogen-bond acceptors (Lipinski definition) is 1. The fourth-order valence-electron chi connectivity index (χ4n) is 2.05. The zero-order valence-corrected chi connectivity index (χ0v) is 9.88. The molecular weight excluding hydrogens is 201 g/mol. The van der Waals surface area contributed by atoms with Gasteiger partial charge in [-0.25, -0.2) is 4.39 Å². The number of rotatable bonds is 6. The van der Waals surface area contributed by atoms with Gasteiger partial charge in [0.1, 0.15) is 5.82 Å². The van der Waals surface area contributed by atoms with Gasteiger partial charge in [-0.2, -0.15) is 0 Å². The molecule has 88 valence electrons. The summed E-state index contributed by atoms with van der Waals surface area (Å²) < 4.78 is 13.4. The Morgan fingerprint density at radius 2 is 2.12 bits per heavy atom. The second-order valence-electron chi connectivity index (χ2n) is 4.78. The van der Waals surface area contributed by atoms with Gasteiger partial charge in [-0.3, -0.25) is 0 Å². The summed E-state index contributed by atoms with van der Waals surface area (Å²) in [5.41, 5.74) is 0.772. The zero-order chi connectivity index (χ0) is 11.4. The molecule has 2 rings (SSSR count). The summed E-state index contributed by atoms with van der Waals surface area (Å²) in [6.07, 6.45) is 5.38. The van der Waals surface area contributed by atoms with Crippen LogP contribution in [0.3, 0.4) is 0 Å². The molecule has 1 saturated carbocycles. The summed E-state index contributed by atoms with van der Waals surface area (Å²) in [5.74, 6) is 0.885. The number of benzene rings is 1. The maximum absolute atomic E-state index is 13.4. The first-order valence-corrected chi connectivity index (χ1v) is 6.25. The van der Waals surface area contributed by atoms with Crippen LogP contribution in [0.25, 0.3) is 0 Å². The van der Waals surface area contributed by atoms with Crippen molar-refractivity contribution in [2.45, 2.75) is 38.6 Å². The quantitative estimate of drug-likeness (QED) is 0.723.